The molecular weight excluding hydrogens is 517 g/mol. The van der Waals surface area contributed by atoms with E-state index in [-0.39, 0.29) is 23.0 Å². The molecule has 9 heteroatoms. The molecule has 0 saturated carbocycles. The fraction of sp³-hybridized carbons (Fsp3) is 0.333. The Hall–Kier alpha value is -3.72. The lowest BCUT2D eigenvalue weighted by molar-refractivity contribution is -0.139. The number of halogens is 1. The SMILES string of the molecule is CC[C@@H](C)NC(=O)[C@@H](C)N(Cc1ccccc1F)C(=O)CN(c1cc(C)ccc1C)S(=O)(=O)c1ccccc1. The molecule has 0 aromatic heterocycles. The van der Waals surface area contributed by atoms with Gasteiger partial charge in [0, 0.05) is 18.2 Å². The first kappa shape index (κ1) is 29.8. The minimum Gasteiger partial charge on any atom is -0.352 e. The number of sulfonamides is 1. The summed E-state index contributed by atoms with van der Waals surface area (Å²) in [5.74, 6) is -1.56. The van der Waals surface area contributed by atoms with Gasteiger partial charge in [0.25, 0.3) is 10.0 Å². The van der Waals surface area contributed by atoms with Crippen molar-refractivity contribution in [3.05, 3.63) is 95.3 Å². The van der Waals surface area contributed by atoms with Crippen molar-refractivity contribution >= 4 is 27.5 Å². The van der Waals surface area contributed by atoms with Crippen molar-refractivity contribution in [3.63, 3.8) is 0 Å². The van der Waals surface area contributed by atoms with Gasteiger partial charge in [-0.05, 0) is 69.5 Å². The van der Waals surface area contributed by atoms with E-state index in [0.29, 0.717) is 17.7 Å². The molecule has 0 aliphatic heterocycles. The molecule has 39 heavy (non-hydrogen) atoms. The van der Waals surface area contributed by atoms with Gasteiger partial charge < -0.3 is 10.2 Å². The second kappa shape index (κ2) is 12.9. The number of nitrogens with zero attached hydrogens (tertiary/aromatic N) is 2. The predicted molar refractivity (Wildman–Crippen MR) is 151 cm³/mol. The Morgan fingerprint density at radius 1 is 0.949 bits per heavy atom. The lowest BCUT2D eigenvalue weighted by Crippen LogP contribution is -2.52. The normalized spacial score (nSPS) is 12.9. The summed E-state index contributed by atoms with van der Waals surface area (Å²) >= 11 is 0. The van der Waals surface area contributed by atoms with Crippen LogP contribution in [0.4, 0.5) is 10.1 Å². The first-order valence-electron chi connectivity index (χ1n) is 12.9. The number of carbonyl (C=O) groups excluding carboxylic acids is 2. The lowest BCUT2D eigenvalue weighted by Gasteiger charge is -2.33. The summed E-state index contributed by atoms with van der Waals surface area (Å²) in [5.41, 5.74) is 2.06. The Labute approximate surface area is 230 Å². The molecule has 0 unspecified atom stereocenters. The number of aryl methyl sites for hydroxylation is 2. The van der Waals surface area contributed by atoms with Crippen molar-refractivity contribution < 1.29 is 22.4 Å². The summed E-state index contributed by atoms with van der Waals surface area (Å²) in [6, 6.07) is 18.1. The van der Waals surface area contributed by atoms with Crippen LogP contribution >= 0.6 is 0 Å². The van der Waals surface area contributed by atoms with Gasteiger partial charge >= 0.3 is 0 Å². The number of nitrogens with one attached hydrogen (secondary N) is 1. The summed E-state index contributed by atoms with van der Waals surface area (Å²) in [5, 5.41) is 2.86. The van der Waals surface area contributed by atoms with Crippen LogP contribution in [-0.4, -0.2) is 43.8 Å². The number of rotatable bonds is 11. The van der Waals surface area contributed by atoms with Crippen LogP contribution in [0.25, 0.3) is 0 Å². The molecule has 3 rings (SSSR count). The van der Waals surface area contributed by atoms with Gasteiger partial charge in [-0.25, -0.2) is 12.8 Å². The molecule has 2 atom stereocenters. The van der Waals surface area contributed by atoms with E-state index >= 15 is 0 Å². The third kappa shape index (κ3) is 7.23. The Balaban J connectivity index is 2.07. The molecule has 0 saturated heterocycles. The molecular formula is C30H36FN3O4S. The molecule has 0 aliphatic carbocycles. The highest BCUT2D eigenvalue weighted by atomic mass is 32.2. The molecule has 0 aliphatic rings. The van der Waals surface area contributed by atoms with Gasteiger partial charge in [-0.15, -0.1) is 0 Å². The summed E-state index contributed by atoms with van der Waals surface area (Å²) in [6.07, 6.45) is 0.690. The number of anilines is 1. The number of benzene rings is 3. The van der Waals surface area contributed by atoms with Gasteiger partial charge in [-0.1, -0.05) is 55.5 Å². The summed E-state index contributed by atoms with van der Waals surface area (Å²) < 4.78 is 43.4. The minimum absolute atomic E-state index is 0.0296. The van der Waals surface area contributed by atoms with Crippen molar-refractivity contribution in [2.75, 3.05) is 10.8 Å². The van der Waals surface area contributed by atoms with E-state index in [4.69, 9.17) is 0 Å². The average Bonchev–Trinajstić information content (AvgIpc) is 2.92. The van der Waals surface area contributed by atoms with Gasteiger partial charge in [0.15, 0.2) is 0 Å². The maximum absolute atomic E-state index is 14.6. The second-order valence-corrected chi connectivity index (χ2v) is 11.6. The lowest BCUT2D eigenvalue weighted by atomic mass is 10.1. The van der Waals surface area contributed by atoms with E-state index < -0.39 is 40.2 Å². The van der Waals surface area contributed by atoms with Crippen LogP contribution in [0.3, 0.4) is 0 Å². The Morgan fingerprint density at radius 2 is 1.59 bits per heavy atom. The van der Waals surface area contributed by atoms with Crippen LogP contribution < -0.4 is 9.62 Å². The molecule has 2 amide bonds. The third-order valence-corrected chi connectivity index (χ3v) is 8.48. The van der Waals surface area contributed by atoms with Crippen LogP contribution in [0.15, 0.2) is 77.7 Å². The fourth-order valence-corrected chi connectivity index (χ4v) is 5.57. The average molecular weight is 554 g/mol. The Morgan fingerprint density at radius 3 is 2.23 bits per heavy atom. The van der Waals surface area contributed by atoms with Crippen LogP contribution in [0.1, 0.15) is 43.9 Å². The first-order valence-corrected chi connectivity index (χ1v) is 14.4. The molecule has 0 spiro atoms. The van der Waals surface area contributed by atoms with E-state index in [0.717, 1.165) is 9.87 Å². The van der Waals surface area contributed by atoms with E-state index in [2.05, 4.69) is 5.32 Å². The number of hydrogen-bond donors (Lipinski definition) is 1. The van der Waals surface area contributed by atoms with Gasteiger partial charge in [0.05, 0.1) is 10.6 Å². The molecule has 208 valence electrons. The van der Waals surface area contributed by atoms with Crippen LogP contribution in [0, 0.1) is 19.7 Å². The zero-order valence-electron chi connectivity index (χ0n) is 23.0. The molecule has 0 bridgehead atoms. The summed E-state index contributed by atoms with van der Waals surface area (Å²) in [7, 11) is -4.16. The van der Waals surface area contributed by atoms with Crippen LogP contribution in [-0.2, 0) is 26.2 Å². The standard InChI is InChI=1S/C30H36FN3O4S/c1-6-23(4)32-30(36)24(5)33(19-25-12-10-11-15-27(25)31)29(35)20-34(28-18-21(2)16-17-22(28)3)39(37,38)26-13-8-7-9-14-26/h7-18,23-24H,6,19-20H2,1-5H3,(H,32,36)/t23-,24-/m1/s1. The Kier molecular flexibility index (Phi) is 9.86. The third-order valence-electron chi connectivity index (χ3n) is 6.71. The highest BCUT2D eigenvalue weighted by Gasteiger charge is 2.33. The maximum atomic E-state index is 14.6. The van der Waals surface area contributed by atoms with E-state index in [1.807, 2.05) is 26.8 Å². The first-order chi connectivity index (χ1) is 18.4. The zero-order valence-corrected chi connectivity index (χ0v) is 23.8. The highest BCUT2D eigenvalue weighted by Crippen LogP contribution is 2.28. The molecule has 3 aromatic carbocycles. The van der Waals surface area contributed by atoms with Gasteiger partial charge in [0.1, 0.15) is 18.4 Å². The number of amides is 2. The van der Waals surface area contributed by atoms with Crippen molar-refractivity contribution in [1.82, 2.24) is 10.2 Å². The minimum atomic E-state index is -4.16. The molecule has 3 aromatic rings. The van der Waals surface area contributed by atoms with E-state index in [1.54, 1.807) is 56.3 Å². The summed E-state index contributed by atoms with van der Waals surface area (Å²) in [4.78, 5) is 28.3. The second-order valence-electron chi connectivity index (χ2n) is 9.72. The maximum Gasteiger partial charge on any atom is 0.264 e. The van der Waals surface area contributed by atoms with E-state index in [1.165, 1.54) is 29.2 Å². The zero-order chi connectivity index (χ0) is 28.7. The molecule has 1 N–H and O–H groups in total. The fourth-order valence-electron chi connectivity index (χ4n) is 4.08. The highest BCUT2D eigenvalue weighted by molar-refractivity contribution is 7.92. The van der Waals surface area contributed by atoms with Crippen molar-refractivity contribution in [1.29, 1.82) is 0 Å². The largest absolute Gasteiger partial charge is 0.352 e. The van der Waals surface area contributed by atoms with E-state index in [9.17, 15) is 22.4 Å². The molecule has 0 heterocycles. The van der Waals surface area contributed by atoms with Crippen molar-refractivity contribution in [2.45, 2.75) is 64.6 Å². The van der Waals surface area contributed by atoms with Gasteiger partial charge in [-0.2, -0.15) is 0 Å². The quantitative estimate of drug-likeness (QED) is 0.363. The summed E-state index contributed by atoms with van der Waals surface area (Å²) in [6.45, 7) is 8.17. The Bertz CT molecular complexity index is 1410. The van der Waals surface area contributed by atoms with Crippen molar-refractivity contribution in [3.8, 4) is 0 Å². The molecule has 7 nitrogen and oxygen atoms in total. The van der Waals surface area contributed by atoms with Crippen LogP contribution in [0.5, 0.6) is 0 Å². The van der Waals surface area contributed by atoms with Gasteiger partial charge in [0.2, 0.25) is 11.8 Å². The van der Waals surface area contributed by atoms with Crippen LogP contribution in [0.2, 0.25) is 0 Å². The molecule has 0 radical (unpaired) electrons. The van der Waals surface area contributed by atoms with Gasteiger partial charge in [-0.3, -0.25) is 13.9 Å². The monoisotopic (exact) mass is 553 g/mol. The number of carbonyl (C=O) groups is 2. The molecule has 0 fully saturated rings. The number of hydrogen-bond acceptors (Lipinski definition) is 4. The smallest absolute Gasteiger partial charge is 0.264 e. The van der Waals surface area contributed by atoms with Crippen molar-refractivity contribution in [2.24, 2.45) is 0 Å². The topological polar surface area (TPSA) is 86.8 Å². The predicted octanol–water partition coefficient (Wildman–Crippen LogP) is 4.97.